The summed E-state index contributed by atoms with van der Waals surface area (Å²) in [5.74, 6) is 0.00277. The first-order valence-corrected chi connectivity index (χ1v) is 44.4. The van der Waals surface area contributed by atoms with Crippen molar-refractivity contribution in [1.82, 2.24) is 5.32 Å². The number of hydrogen-bond acceptors (Lipinski definition) is 5. The van der Waals surface area contributed by atoms with Gasteiger partial charge in [-0.15, -0.1) is 0 Å². The van der Waals surface area contributed by atoms with Gasteiger partial charge in [-0.05, 0) is 51.4 Å². The molecule has 0 aliphatic carbocycles. The second-order valence-electron chi connectivity index (χ2n) is 30.9. The summed E-state index contributed by atoms with van der Waals surface area (Å²) in [6, 6.07) is -0.539. The van der Waals surface area contributed by atoms with Crippen LogP contribution in [0.2, 0.25) is 0 Å². The number of unbranched alkanes of at least 4 members (excludes halogenated alkanes) is 72. The lowest BCUT2D eigenvalue weighted by molar-refractivity contribution is -0.143. The Kier molecular flexibility index (Phi) is 83.8. The van der Waals surface area contributed by atoms with Gasteiger partial charge in [-0.25, -0.2) is 0 Å². The van der Waals surface area contributed by atoms with Gasteiger partial charge in [0.05, 0.1) is 25.4 Å². The van der Waals surface area contributed by atoms with E-state index in [1.54, 1.807) is 0 Å². The first-order valence-electron chi connectivity index (χ1n) is 44.4. The Bertz CT molecular complexity index is 1450. The number of amides is 1. The minimum absolute atomic E-state index is 0.0242. The smallest absolute Gasteiger partial charge is 0.305 e. The molecule has 0 rings (SSSR count). The summed E-state index contributed by atoms with van der Waals surface area (Å²) < 4.78 is 5.52. The van der Waals surface area contributed by atoms with Gasteiger partial charge in [0.2, 0.25) is 5.91 Å². The maximum Gasteiger partial charge on any atom is 0.305 e. The minimum Gasteiger partial charge on any atom is -0.466 e. The summed E-state index contributed by atoms with van der Waals surface area (Å²) in [7, 11) is 0. The van der Waals surface area contributed by atoms with Crippen molar-refractivity contribution in [3.63, 3.8) is 0 Å². The highest BCUT2D eigenvalue weighted by molar-refractivity contribution is 5.76. The van der Waals surface area contributed by atoms with Gasteiger partial charge in [0.15, 0.2) is 0 Å². The lowest BCUT2D eigenvalue weighted by Crippen LogP contribution is -2.45. The minimum atomic E-state index is -0.663. The van der Waals surface area contributed by atoms with Crippen molar-refractivity contribution in [2.75, 3.05) is 13.2 Å². The number of hydrogen-bond donors (Lipinski definition) is 3. The molecule has 0 saturated heterocycles. The molecule has 6 heteroatoms. The third-order valence-corrected chi connectivity index (χ3v) is 21.3. The molecule has 0 aromatic heterocycles. The van der Waals surface area contributed by atoms with Crippen LogP contribution in [0.15, 0.2) is 12.2 Å². The fraction of sp³-hybridized carbons (Fsp3) is 0.955. The van der Waals surface area contributed by atoms with Crippen molar-refractivity contribution in [2.24, 2.45) is 0 Å². The molecular formula is C89H175NO5. The Hall–Kier alpha value is -1.40. The summed E-state index contributed by atoms with van der Waals surface area (Å²) in [5.41, 5.74) is 0. The van der Waals surface area contributed by atoms with E-state index in [9.17, 15) is 19.8 Å². The molecule has 0 aliphatic heterocycles. The van der Waals surface area contributed by atoms with Crippen LogP contribution in [-0.4, -0.2) is 47.4 Å². The van der Waals surface area contributed by atoms with Crippen LogP contribution in [0.3, 0.4) is 0 Å². The molecule has 3 N–H and O–H groups in total. The quantitative estimate of drug-likeness (QED) is 0.0320. The van der Waals surface area contributed by atoms with E-state index < -0.39 is 12.1 Å². The van der Waals surface area contributed by atoms with Gasteiger partial charge in [0.1, 0.15) is 0 Å². The maximum absolute atomic E-state index is 12.6. The predicted molar refractivity (Wildman–Crippen MR) is 421 cm³/mol. The molecule has 6 nitrogen and oxygen atoms in total. The normalized spacial score (nSPS) is 12.4. The first kappa shape index (κ1) is 93.6. The number of rotatable bonds is 85. The molecule has 0 bridgehead atoms. The van der Waals surface area contributed by atoms with Gasteiger partial charge in [-0.3, -0.25) is 9.59 Å². The van der Waals surface area contributed by atoms with Crippen LogP contribution in [0.1, 0.15) is 521 Å². The fourth-order valence-corrected chi connectivity index (χ4v) is 14.6. The van der Waals surface area contributed by atoms with E-state index in [0.717, 1.165) is 38.5 Å². The zero-order valence-corrected chi connectivity index (χ0v) is 65.2. The van der Waals surface area contributed by atoms with E-state index in [4.69, 9.17) is 4.74 Å². The van der Waals surface area contributed by atoms with Crippen molar-refractivity contribution in [3.8, 4) is 0 Å². The van der Waals surface area contributed by atoms with Crippen LogP contribution >= 0.6 is 0 Å². The molecule has 0 radical (unpaired) electrons. The molecule has 1 amide bonds. The molecule has 0 saturated carbocycles. The lowest BCUT2D eigenvalue weighted by Gasteiger charge is -2.22. The SMILES string of the molecule is CCCCCCCCCCCCCCCCCCCCCCCCCCC(O)C(CO)NC(=O)CCCCCCCCCCCCCCCCCCC/C=C\CCCCCCCCCCCCCCCCCCOC(=O)CCCCCCCCCCCCCCCCCCC. The highest BCUT2D eigenvalue weighted by Gasteiger charge is 2.20. The Morgan fingerprint density at radius 2 is 0.495 bits per heavy atom. The predicted octanol–water partition coefficient (Wildman–Crippen LogP) is 29.8. The molecule has 95 heavy (non-hydrogen) atoms. The van der Waals surface area contributed by atoms with E-state index in [2.05, 4.69) is 31.3 Å². The third-order valence-electron chi connectivity index (χ3n) is 21.3. The van der Waals surface area contributed by atoms with Crippen molar-refractivity contribution in [1.29, 1.82) is 0 Å². The highest BCUT2D eigenvalue weighted by atomic mass is 16.5. The molecule has 0 spiro atoms. The number of aliphatic hydroxyl groups is 2. The van der Waals surface area contributed by atoms with Crippen LogP contribution in [0.4, 0.5) is 0 Å². The number of nitrogens with one attached hydrogen (secondary N) is 1. The number of carbonyl (C=O) groups excluding carboxylic acids is 2. The van der Waals surface area contributed by atoms with Gasteiger partial charge in [-0.1, -0.05) is 469 Å². The van der Waals surface area contributed by atoms with E-state index in [1.807, 2.05) is 0 Å². The number of esters is 1. The van der Waals surface area contributed by atoms with Gasteiger partial charge in [-0.2, -0.15) is 0 Å². The second kappa shape index (κ2) is 85.0. The summed E-state index contributed by atoms with van der Waals surface area (Å²) in [6.07, 6.45) is 109. The fourth-order valence-electron chi connectivity index (χ4n) is 14.6. The Morgan fingerprint density at radius 1 is 0.284 bits per heavy atom. The molecule has 0 fully saturated rings. The monoisotopic (exact) mass is 1340 g/mol. The van der Waals surface area contributed by atoms with Gasteiger partial charge < -0.3 is 20.3 Å². The molecule has 0 aliphatic rings. The average Bonchev–Trinajstić information content (AvgIpc) is 3.54. The van der Waals surface area contributed by atoms with Crippen molar-refractivity contribution >= 4 is 11.9 Å². The number of aliphatic hydroxyl groups excluding tert-OH is 2. The van der Waals surface area contributed by atoms with Gasteiger partial charge in [0.25, 0.3) is 0 Å². The first-order chi connectivity index (χ1) is 47.0. The van der Waals surface area contributed by atoms with Crippen LogP contribution in [-0.2, 0) is 14.3 Å². The number of ether oxygens (including phenoxy) is 1. The summed E-state index contributed by atoms with van der Waals surface area (Å²) in [4.78, 5) is 24.7. The zero-order valence-electron chi connectivity index (χ0n) is 65.2. The number of allylic oxidation sites excluding steroid dienone is 2. The molecule has 566 valence electrons. The summed E-state index contributed by atoms with van der Waals surface area (Å²) >= 11 is 0. The molecule has 0 aromatic carbocycles. The zero-order chi connectivity index (χ0) is 68.4. The molecule has 2 atom stereocenters. The van der Waals surface area contributed by atoms with Crippen LogP contribution in [0.5, 0.6) is 0 Å². The standard InChI is InChI=1S/C89H175NO5/c1-3-5-7-9-11-13-15-17-19-21-22-23-24-40-43-46-50-53-57-61-65-69-73-77-81-87(92)86(85-91)90-88(93)82-78-74-70-66-62-58-54-51-47-44-41-38-36-34-32-30-28-26-25-27-29-31-33-35-37-39-42-45-48-52-56-60-64-68-72-76-80-84-95-89(94)83-79-75-71-67-63-59-55-49-20-18-16-14-12-10-8-6-4-2/h25,27,86-87,91-92H,3-24,26,28-85H2,1-2H3,(H,90,93)/b27-25-. The Balaban J connectivity index is 3.32. The molecular weight excluding hydrogens is 1160 g/mol. The Labute approximate surface area is 597 Å². The van der Waals surface area contributed by atoms with E-state index in [-0.39, 0.29) is 18.5 Å². The van der Waals surface area contributed by atoms with Gasteiger partial charge in [0, 0.05) is 12.8 Å². The summed E-state index contributed by atoms with van der Waals surface area (Å²) in [5, 5.41) is 23.5. The van der Waals surface area contributed by atoms with E-state index in [0.29, 0.717) is 25.9 Å². The Morgan fingerprint density at radius 3 is 0.747 bits per heavy atom. The maximum atomic E-state index is 12.6. The second-order valence-corrected chi connectivity index (χ2v) is 30.9. The lowest BCUT2D eigenvalue weighted by atomic mass is 10.0. The topological polar surface area (TPSA) is 95.9 Å². The van der Waals surface area contributed by atoms with Crippen LogP contribution < -0.4 is 5.32 Å². The average molecular weight is 1340 g/mol. The van der Waals surface area contributed by atoms with Crippen LogP contribution in [0, 0.1) is 0 Å². The summed E-state index contributed by atoms with van der Waals surface area (Å²) in [6.45, 7) is 5.03. The third kappa shape index (κ3) is 81.5. The molecule has 2 unspecified atom stereocenters. The van der Waals surface area contributed by atoms with Gasteiger partial charge >= 0.3 is 5.97 Å². The molecule has 0 aromatic rings. The van der Waals surface area contributed by atoms with Crippen LogP contribution in [0.25, 0.3) is 0 Å². The van der Waals surface area contributed by atoms with Crippen molar-refractivity contribution < 1.29 is 24.5 Å². The van der Waals surface area contributed by atoms with E-state index >= 15 is 0 Å². The largest absolute Gasteiger partial charge is 0.466 e. The number of carbonyl (C=O) groups is 2. The molecule has 0 heterocycles. The highest BCUT2D eigenvalue weighted by Crippen LogP contribution is 2.21. The van der Waals surface area contributed by atoms with E-state index in [1.165, 1.54) is 449 Å². The van der Waals surface area contributed by atoms with Crippen molar-refractivity contribution in [2.45, 2.75) is 533 Å². The van der Waals surface area contributed by atoms with Crippen molar-refractivity contribution in [3.05, 3.63) is 12.2 Å².